The molecule has 3 rings (SSSR count). The van der Waals surface area contributed by atoms with E-state index in [1.807, 2.05) is 14.1 Å². The second kappa shape index (κ2) is 11.0. The number of phenols is 1. The van der Waals surface area contributed by atoms with Crippen LogP contribution in [0.15, 0.2) is 40.4 Å². The molecular formula is C25H30BrN2O7+. The van der Waals surface area contributed by atoms with E-state index in [0.29, 0.717) is 40.1 Å². The minimum atomic E-state index is -0.883. The second-order valence-corrected chi connectivity index (χ2v) is 9.28. The van der Waals surface area contributed by atoms with E-state index in [1.165, 1.54) is 31.1 Å². The molecule has 188 valence electrons. The lowest BCUT2D eigenvalue weighted by molar-refractivity contribution is -0.858. The maximum absolute atomic E-state index is 13.2. The van der Waals surface area contributed by atoms with Crippen LogP contribution in [0.25, 0.3) is 5.76 Å². The highest BCUT2D eigenvalue weighted by molar-refractivity contribution is 9.10. The van der Waals surface area contributed by atoms with Crippen molar-refractivity contribution >= 4 is 33.4 Å². The summed E-state index contributed by atoms with van der Waals surface area (Å²) < 4.78 is 16.2. The number of hydrogen-bond donors (Lipinski definition) is 3. The fourth-order valence-corrected chi connectivity index (χ4v) is 4.57. The standard InChI is InChI=1S/C25H29BrN2O7/c1-27(2)9-6-10-28-21(15-11-16(26)23(30)19(13-15)35-5)20(24(31)25(28)32)22(29)14-7-8-17(33-3)18(12-14)34-4/h7-8,11-13,21,29-30H,6,9-10H2,1-5H3/p+1/t21-/m0/s1. The summed E-state index contributed by atoms with van der Waals surface area (Å²) in [5.74, 6) is -0.937. The molecule has 0 bridgehead atoms. The van der Waals surface area contributed by atoms with Crippen LogP contribution in [-0.2, 0) is 9.59 Å². The molecule has 9 nitrogen and oxygen atoms in total. The number of aliphatic hydroxyl groups excluding tert-OH is 1. The first kappa shape index (κ1) is 26.4. The minimum absolute atomic E-state index is 0.0564. The third-order valence-corrected chi connectivity index (χ3v) is 6.46. The van der Waals surface area contributed by atoms with Crippen molar-refractivity contribution in [3.05, 3.63) is 51.5 Å². The number of quaternary nitrogens is 1. The number of ether oxygens (including phenoxy) is 3. The first-order valence-corrected chi connectivity index (χ1v) is 11.8. The van der Waals surface area contributed by atoms with Crippen molar-refractivity contribution in [3.8, 4) is 23.0 Å². The summed E-state index contributed by atoms with van der Waals surface area (Å²) in [7, 11) is 8.38. The van der Waals surface area contributed by atoms with Crippen LogP contribution in [0.5, 0.6) is 23.0 Å². The number of methoxy groups -OCH3 is 3. The zero-order valence-corrected chi connectivity index (χ0v) is 21.9. The van der Waals surface area contributed by atoms with E-state index < -0.39 is 17.7 Å². The topological polar surface area (TPSA) is 110 Å². The molecule has 2 aromatic rings. The number of likely N-dealkylation sites (tertiary alicyclic amines) is 1. The lowest BCUT2D eigenvalue weighted by Crippen LogP contribution is -3.05. The van der Waals surface area contributed by atoms with E-state index >= 15 is 0 Å². The molecule has 0 unspecified atom stereocenters. The average molecular weight is 550 g/mol. The molecule has 1 heterocycles. The molecule has 1 atom stereocenters. The highest BCUT2D eigenvalue weighted by Gasteiger charge is 2.46. The number of nitrogens with one attached hydrogen (secondary N) is 1. The predicted molar refractivity (Wildman–Crippen MR) is 133 cm³/mol. The molecule has 0 spiro atoms. The highest BCUT2D eigenvalue weighted by atomic mass is 79.9. The second-order valence-electron chi connectivity index (χ2n) is 8.43. The van der Waals surface area contributed by atoms with Crippen LogP contribution in [-0.4, -0.2) is 75.3 Å². The van der Waals surface area contributed by atoms with E-state index in [0.717, 1.165) is 6.54 Å². The van der Waals surface area contributed by atoms with Gasteiger partial charge in [0, 0.05) is 18.5 Å². The lowest BCUT2D eigenvalue weighted by Gasteiger charge is -2.26. The summed E-state index contributed by atoms with van der Waals surface area (Å²) in [4.78, 5) is 29.0. The Labute approximate surface area is 212 Å². The van der Waals surface area contributed by atoms with Gasteiger partial charge in [0.1, 0.15) is 5.76 Å². The molecule has 0 aromatic heterocycles. The summed E-state index contributed by atoms with van der Waals surface area (Å²) in [6.07, 6.45) is 0.651. The van der Waals surface area contributed by atoms with Crippen LogP contribution in [0.4, 0.5) is 0 Å². The maximum atomic E-state index is 13.2. The molecule has 1 amide bonds. The Morgan fingerprint density at radius 1 is 1.03 bits per heavy atom. The van der Waals surface area contributed by atoms with Crippen LogP contribution in [0.2, 0.25) is 0 Å². The number of nitrogens with zero attached hydrogens (tertiary/aromatic N) is 1. The number of hydrogen-bond acceptors (Lipinski definition) is 7. The first-order chi connectivity index (χ1) is 16.6. The fourth-order valence-electron chi connectivity index (χ4n) is 4.11. The van der Waals surface area contributed by atoms with Crippen molar-refractivity contribution in [2.24, 2.45) is 0 Å². The number of rotatable bonds is 9. The molecule has 0 radical (unpaired) electrons. The van der Waals surface area contributed by atoms with Gasteiger partial charge in [-0.25, -0.2) is 0 Å². The average Bonchev–Trinajstić information content (AvgIpc) is 3.09. The highest BCUT2D eigenvalue weighted by Crippen LogP contribution is 2.44. The van der Waals surface area contributed by atoms with Crippen molar-refractivity contribution in [1.29, 1.82) is 0 Å². The molecule has 2 aromatic carbocycles. The molecule has 0 saturated carbocycles. The number of Topliss-reactive ketones (excluding diaryl/α,β-unsaturated/α-hetero) is 1. The molecule has 0 aliphatic carbocycles. The maximum Gasteiger partial charge on any atom is 0.295 e. The Morgan fingerprint density at radius 3 is 2.29 bits per heavy atom. The first-order valence-electron chi connectivity index (χ1n) is 11.0. The van der Waals surface area contributed by atoms with Gasteiger partial charge in [-0.1, -0.05) is 0 Å². The van der Waals surface area contributed by atoms with Gasteiger partial charge in [-0.3, -0.25) is 9.59 Å². The van der Waals surface area contributed by atoms with E-state index in [4.69, 9.17) is 14.2 Å². The normalized spacial score (nSPS) is 17.2. The lowest BCUT2D eigenvalue weighted by atomic mass is 9.94. The van der Waals surface area contributed by atoms with E-state index in [2.05, 4.69) is 15.9 Å². The van der Waals surface area contributed by atoms with Crippen LogP contribution in [0.3, 0.4) is 0 Å². The zero-order valence-electron chi connectivity index (χ0n) is 20.3. The van der Waals surface area contributed by atoms with Crippen molar-refractivity contribution in [3.63, 3.8) is 0 Å². The number of aliphatic hydroxyl groups is 1. The van der Waals surface area contributed by atoms with E-state index in [-0.39, 0.29) is 22.8 Å². The minimum Gasteiger partial charge on any atom is -0.507 e. The molecule has 1 aliphatic rings. The van der Waals surface area contributed by atoms with Gasteiger partial charge in [0.2, 0.25) is 0 Å². The quantitative estimate of drug-likeness (QED) is 0.249. The molecule has 1 aliphatic heterocycles. The number of ketones is 1. The third-order valence-electron chi connectivity index (χ3n) is 5.86. The monoisotopic (exact) mass is 549 g/mol. The number of carbonyl (C=O) groups excluding carboxylic acids is 2. The Kier molecular flexibility index (Phi) is 8.29. The van der Waals surface area contributed by atoms with Gasteiger partial charge in [0.15, 0.2) is 23.0 Å². The summed E-state index contributed by atoms with van der Waals surface area (Å²) in [6, 6.07) is 7.03. The van der Waals surface area contributed by atoms with E-state index in [9.17, 15) is 19.8 Å². The van der Waals surface area contributed by atoms with Crippen LogP contribution in [0, 0.1) is 0 Å². The van der Waals surface area contributed by atoms with Crippen molar-refractivity contribution in [2.75, 3.05) is 48.5 Å². The van der Waals surface area contributed by atoms with Gasteiger partial charge in [-0.15, -0.1) is 0 Å². The largest absolute Gasteiger partial charge is 0.507 e. The molecule has 10 heteroatoms. The molecule has 35 heavy (non-hydrogen) atoms. The molecule has 1 saturated heterocycles. The number of phenolic OH excluding ortho intramolecular Hbond substituents is 1. The van der Waals surface area contributed by atoms with Gasteiger partial charge in [0.25, 0.3) is 11.7 Å². The summed E-state index contributed by atoms with van der Waals surface area (Å²) >= 11 is 3.31. The van der Waals surface area contributed by atoms with Crippen LogP contribution in [0.1, 0.15) is 23.6 Å². The Balaban J connectivity index is 2.20. The molecular weight excluding hydrogens is 520 g/mol. The fraction of sp³-hybridized carbons (Fsp3) is 0.360. The van der Waals surface area contributed by atoms with Crippen molar-refractivity contribution < 1.29 is 38.9 Å². The van der Waals surface area contributed by atoms with Gasteiger partial charge in [0.05, 0.1) is 58.1 Å². The number of carbonyl (C=O) groups is 2. The number of halogens is 1. The summed E-state index contributed by atoms with van der Waals surface area (Å²) in [5, 5.41) is 21.6. The van der Waals surface area contributed by atoms with E-state index in [1.54, 1.807) is 30.3 Å². The van der Waals surface area contributed by atoms with Gasteiger partial charge >= 0.3 is 0 Å². The summed E-state index contributed by atoms with van der Waals surface area (Å²) in [5.41, 5.74) is 0.747. The Hall–Kier alpha value is -3.24. The number of benzene rings is 2. The van der Waals surface area contributed by atoms with Crippen LogP contribution >= 0.6 is 15.9 Å². The van der Waals surface area contributed by atoms with Crippen molar-refractivity contribution in [2.45, 2.75) is 12.5 Å². The smallest absolute Gasteiger partial charge is 0.295 e. The summed E-state index contributed by atoms with van der Waals surface area (Å²) in [6.45, 7) is 1.10. The van der Waals surface area contributed by atoms with Gasteiger partial charge < -0.3 is 34.2 Å². The van der Waals surface area contributed by atoms with Crippen LogP contribution < -0.4 is 19.1 Å². The molecule has 3 N–H and O–H groups in total. The van der Waals surface area contributed by atoms with Crippen molar-refractivity contribution in [1.82, 2.24) is 4.90 Å². The molecule has 1 fully saturated rings. The SMILES string of the molecule is COc1ccc(C(O)=C2C(=O)C(=O)N(CCC[NH+](C)C)[C@H]2c2cc(Br)c(O)c(OC)c2)cc1OC. The Morgan fingerprint density at radius 2 is 1.69 bits per heavy atom. The van der Waals surface area contributed by atoms with Gasteiger partial charge in [-0.2, -0.15) is 0 Å². The zero-order chi connectivity index (χ0) is 25.9. The number of aromatic hydroxyl groups is 1. The predicted octanol–water partition coefficient (Wildman–Crippen LogP) is 2.14. The Bertz CT molecular complexity index is 1160. The van der Waals surface area contributed by atoms with Gasteiger partial charge in [-0.05, 0) is 51.8 Å². The third kappa shape index (κ3) is 5.23. The number of amides is 1.